The van der Waals surface area contributed by atoms with Crippen molar-refractivity contribution in [3.63, 3.8) is 0 Å². The molecule has 21 heavy (non-hydrogen) atoms. The fourth-order valence-corrected chi connectivity index (χ4v) is 2.67. The van der Waals surface area contributed by atoms with Gasteiger partial charge in [0.1, 0.15) is 11.6 Å². The lowest BCUT2D eigenvalue weighted by atomic mass is 9.95. The van der Waals surface area contributed by atoms with Crippen LogP contribution in [0.3, 0.4) is 0 Å². The molecule has 2 aromatic rings. The third-order valence-electron chi connectivity index (χ3n) is 3.43. The van der Waals surface area contributed by atoms with Crippen molar-refractivity contribution in [2.24, 2.45) is 0 Å². The molecule has 0 spiro atoms. The van der Waals surface area contributed by atoms with E-state index in [1.54, 1.807) is 0 Å². The summed E-state index contributed by atoms with van der Waals surface area (Å²) in [5.41, 5.74) is 2.77. The molecule has 0 aliphatic rings. The zero-order valence-electron chi connectivity index (χ0n) is 12.1. The van der Waals surface area contributed by atoms with Crippen molar-refractivity contribution in [2.45, 2.75) is 26.3 Å². The highest BCUT2D eigenvalue weighted by atomic mass is 35.5. The van der Waals surface area contributed by atoms with Crippen LogP contribution in [0.5, 0.6) is 0 Å². The van der Waals surface area contributed by atoms with E-state index in [0.717, 1.165) is 23.7 Å². The Morgan fingerprint density at radius 1 is 1.10 bits per heavy atom. The average molecular weight is 310 g/mol. The Hall–Kier alpha value is -1.45. The molecule has 0 bridgehead atoms. The average Bonchev–Trinajstić information content (AvgIpc) is 2.40. The summed E-state index contributed by atoms with van der Waals surface area (Å²) in [6.45, 7) is 4.76. The number of benzene rings is 2. The fraction of sp³-hybridized carbons (Fsp3) is 0.294. The van der Waals surface area contributed by atoms with Gasteiger partial charge >= 0.3 is 0 Å². The van der Waals surface area contributed by atoms with Crippen molar-refractivity contribution < 1.29 is 8.78 Å². The van der Waals surface area contributed by atoms with Gasteiger partial charge in [0.2, 0.25) is 0 Å². The van der Waals surface area contributed by atoms with E-state index in [4.69, 9.17) is 11.6 Å². The Labute approximate surface area is 128 Å². The minimum atomic E-state index is -0.553. The minimum Gasteiger partial charge on any atom is -0.310 e. The summed E-state index contributed by atoms with van der Waals surface area (Å²) in [4.78, 5) is 0. The molecule has 0 saturated carbocycles. The van der Waals surface area contributed by atoms with Crippen LogP contribution in [-0.4, -0.2) is 6.54 Å². The van der Waals surface area contributed by atoms with Crippen LogP contribution in [0.25, 0.3) is 0 Å². The number of halogens is 3. The monoisotopic (exact) mass is 309 g/mol. The summed E-state index contributed by atoms with van der Waals surface area (Å²) in [5, 5.41) is 4.01. The zero-order valence-corrected chi connectivity index (χ0v) is 12.8. The highest BCUT2D eigenvalue weighted by Gasteiger charge is 2.15. The second-order valence-corrected chi connectivity index (χ2v) is 5.53. The molecule has 0 amide bonds. The van der Waals surface area contributed by atoms with Crippen LogP contribution in [0, 0.1) is 18.6 Å². The van der Waals surface area contributed by atoms with Crippen molar-refractivity contribution >= 4 is 11.6 Å². The first-order valence-corrected chi connectivity index (χ1v) is 7.31. The van der Waals surface area contributed by atoms with Crippen LogP contribution in [0.4, 0.5) is 8.78 Å². The van der Waals surface area contributed by atoms with Gasteiger partial charge in [0.15, 0.2) is 0 Å². The molecule has 4 heteroatoms. The first-order chi connectivity index (χ1) is 9.99. The number of likely N-dealkylation sites (N-methyl/N-ethyl adjacent to an activating group) is 1. The molecule has 2 aromatic carbocycles. The first kappa shape index (κ1) is 15.9. The third-order valence-corrected chi connectivity index (χ3v) is 3.66. The maximum absolute atomic E-state index is 13.3. The highest BCUT2D eigenvalue weighted by Crippen LogP contribution is 2.25. The lowest BCUT2D eigenvalue weighted by Gasteiger charge is -2.21. The van der Waals surface area contributed by atoms with Crippen molar-refractivity contribution in [3.8, 4) is 0 Å². The van der Waals surface area contributed by atoms with Crippen molar-refractivity contribution in [3.05, 3.63) is 69.7 Å². The standard InChI is InChI=1S/C17H18ClF2N/c1-3-21-17(16-9-13(18)5-4-11(16)2)8-12-6-14(19)10-15(20)7-12/h4-7,9-10,17,21H,3,8H2,1-2H3. The Morgan fingerprint density at radius 3 is 2.38 bits per heavy atom. The normalized spacial score (nSPS) is 12.4. The number of aryl methyl sites for hydroxylation is 1. The lowest BCUT2D eigenvalue weighted by Crippen LogP contribution is -2.23. The molecule has 0 aliphatic carbocycles. The Balaban J connectivity index is 2.32. The predicted octanol–water partition coefficient (Wildman–Crippen LogP) is 4.82. The second kappa shape index (κ2) is 7.01. The SMILES string of the molecule is CCNC(Cc1cc(F)cc(F)c1)c1cc(Cl)ccc1C. The quantitative estimate of drug-likeness (QED) is 0.835. The largest absolute Gasteiger partial charge is 0.310 e. The molecule has 1 unspecified atom stereocenters. The van der Waals surface area contributed by atoms with E-state index < -0.39 is 11.6 Å². The Morgan fingerprint density at radius 2 is 1.76 bits per heavy atom. The van der Waals surface area contributed by atoms with Gasteiger partial charge in [-0.25, -0.2) is 8.78 Å². The molecule has 0 aliphatic heterocycles. The Kier molecular flexibility index (Phi) is 5.32. The maximum atomic E-state index is 13.3. The maximum Gasteiger partial charge on any atom is 0.126 e. The van der Waals surface area contributed by atoms with Crippen LogP contribution >= 0.6 is 11.6 Å². The molecule has 1 atom stereocenters. The van der Waals surface area contributed by atoms with Crippen molar-refractivity contribution in [1.82, 2.24) is 5.32 Å². The first-order valence-electron chi connectivity index (χ1n) is 6.94. The van der Waals surface area contributed by atoms with Gasteiger partial charge in [0.05, 0.1) is 0 Å². The van der Waals surface area contributed by atoms with Crippen LogP contribution in [0.15, 0.2) is 36.4 Å². The van der Waals surface area contributed by atoms with E-state index in [1.165, 1.54) is 12.1 Å². The number of hydrogen-bond acceptors (Lipinski definition) is 1. The third kappa shape index (κ3) is 4.26. The number of rotatable bonds is 5. The van der Waals surface area contributed by atoms with Gasteiger partial charge in [-0.1, -0.05) is 24.6 Å². The van der Waals surface area contributed by atoms with E-state index >= 15 is 0 Å². The molecule has 0 saturated heterocycles. The summed E-state index contributed by atoms with van der Waals surface area (Å²) in [5.74, 6) is -1.11. The van der Waals surface area contributed by atoms with Gasteiger partial charge in [0.25, 0.3) is 0 Å². The van der Waals surface area contributed by atoms with Crippen LogP contribution in [0.2, 0.25) is 5.02 Å². The van der Waals surface area contributed by atoms with Gasteiger partial charge < -0.3 is 5.32 Å². The fourth-order valence-electron chi connectivity index (χ4n) is 2.49. The molecular formula is C17H18ClF2N. The van der Waals surface area contributed by atoms with Crippen molar-refractivity contribution in [2.75, 3.05) is 6.54 Å². The molecule has 2 rings (SSSR count). The van der Waals surface area contributed by atoms with E-state index in [-0.39, 0.29) is 6.04 Å². The summed E-state index contributed by atoms with van der Waals surface area (Å²) in [7, 11) is 0. The van der Waals surface area contributed by atoms with Gasteiger partial charge in [-0.15, -0.1) is 0 Å². The molecule has 1 nitrogen and oxygen atoms in total. The molecule has 112 valence electrons. The van der Waals surface area contributed by atoms with Gasteiger partial charge in [-0.05, 0) is 60.8 Å². The van der Waals surface area contributed by atoms with E-state index in [0.29, 0.717) is 17.0 Å². The molecule has 1 N–H and O–H groups in total. The van der Waals surface area contributed by atoms with E-state index in [2.05, 4.69) is 5.32 Å². The lowest BCUT2D eigenvalue weighted by molar-refractivity contribution is 0.537. The molecule has 0 fully saturated rings. The van der Waals surface area contributed by atoms with Gasteiger partial charge in [0, 0.05) is 17.1 Å². The molecule has 0 radical (unpaired) electrons. The summed E-state index contributed by atoms with van der Waals surface area (Å²) >= 11 is 6.07. The second-order valence-electron chi connectivity index (χ2n) is 5.09. The summed E-state index contributed by atoms with van der Waals surface area (Å²) in [6, 6.07) is 9.28. The van der Waals surface area contributed by atoms with Crippen LogP contribution in [-0.2, 0) is 6.42 Å². The van der Waals surface area contributed by atoms with Gasteiger partial charge in [-0.3, -0.25) is 0 Å². The zero-order chi connectivity index (χ0) is 15.4. The number of nitrogens with one attached hydrogen (secondary N) is 1. The predicted molar refractivity (Wildman–Crippen MR) is 82.7 cm³/mol. The van der Waals surface area contributed by atoms with Gasteiger partial charge in [-0.2, -0.15) is 0 Å². The molecule has 0 heterocycles. The topological polar surface area (TPSA) is 12.0 Å². The number of hydrogen-bond donors (Lipinski definition) is 1. The minimum absolute atomic E-state index is 0.0325. The highest BCUT2D eigenvalue weighted by molar-refractivity contribution is 6.30. The molecular weight excluding hydrogens is 292 g/mol. The van der Waals surface area contributed by atoms with E-state index in [1.807, 2.05) is 32.0 Å². The van der Waals surface area contributed by atoms with Crippen LogP contribution < -0.4 is 5.32 Å². The Bertz CT molecular complexity index is 608. The molecule has 0 aromatic heterocycles. The summed E-state index contributed by atoms with van der Waals surface area (Å²) < 4.78 is 26.7. The van der Waals surface area contributed by atoms with Crippen LogP contribution in [0.1, 0.15) is 29.7 Å². The van der Waals surface area contributed by atoms with Crippen molar-refractivity contribution in [1.29, 1.82) is 0 Å². The summed E-state index contributed by atoms with van der Waals surface area (Å²) in [6.07, 6.45) is 0.504. The van der Waals surface area contributed by atoms with E-state index in [9.17, 15) is 8.78 Å². The smallest absolute Gasteiger partial charge is 0.126 e.